The molecule has 32 heavy (non-hydrogen) atoms. The lowest BCUT2D eigenvalue weighted by molar-refractivity contribution is -0.116. The molecule has 0 bridgehead atoms. The molecule has 4 rings (SSSR count). The van der Waals surface area contributed by atoms with Crippen LogP contribution in [-0.4, -0.2) is 32.2 Å². The first-order valence-corrected chi connectivity index (χ1v) is 10.2. The van der Waals surface area contributed by atoms with Crippen LogP contribution in [0, 0.1) is 0 Å². The van der Waals surface area contributed by atoms with E-state index in [0.29, 0.717) is 47.0 Å². The Labute approximate surface area is 185 Å². The molecule has 4 aromatic rings. The fourth-order valence-corrected chi connectivity index (χ4v) is 3.40. The second kappa shape index (κ2) is 9.43. The van der Waals surface area contributed by atoms with E-state index in [0.717, 1.165) is 16.9 Å². The van der Waals surface area contributed by atoms with Crippen LogP contribution in [0.4, 0.5) is 5.69 Å². The van der Waals surface area contributed by atoms with Crippen LogP contribution in [-0.2, 0) is 11.2 Å². The van der Waals surface area contributed by atoms with E-state index in [1.54, 1.807) is 27.4 Å². The molecule has 164 valence electrons. The summed E-state index contributed by atoms with van der Waals surface area (Å²) in [5, 5.41) is 2.92. The van der Waals surface area contributed by atoms with Crippen LogP contribution in [0.1, 0.15) is 12.0 Å². The highest BCUT2D eigenvalue weighted by Gasteiger charge is 2.11. The summed E-state index contributed by atoms with van der Waals surface area (Å²) in [4.78, 5) is 17.0. The fraction of sp³-hybridized carbons (Fsp3) is 0.200. The quantitative estimate of drug-likeness (QED) is 0.418. The molecule has 0 aliphatic carbocycles. The molecule has 0 unspecified atom stereocenters. The van der Waals surface area contributed by atoms with Crippen molar-refractivity contribution in [2.24, 2.45) is 0 Å². The number of hydrogen-bond acceptors (Lipinski definition) is 6. The standard InChI is InChI=1S/C25H24N2O5/c1-29-19-6-4-5-17(14-19)25-27-20-10-9-18(15-22(20)32-25)26-24(28)12-8-16-7-11-21(30-2)23(13-16)31-3/h4-7,9-11,13-15H,8,12H2,1-3H3,(H,26,28). The molecule has 0 aliphatic rings. The Hall–Kier alpha value is -4.00. The van der Waals surface area contributed by atoms with Gasteiger partial charge in [-0.3, -0.25) is 4.79 Å². The molecule has 0 spiro atoms. The molecule has 1 N–H and O–H groups in total. The lowest BCUT2D eigenvalue weighted by Crippen LogP contribution is -2.12. The second-order valence-corrected chi connectivity index (χ2v) is 7.17. The monoisotopic (exact) mass is 432 g/mol. The fourth-order valence-electron chi connectivity index (χ4n) is 3.40. The molecule has 0 aliphatic heterocycles. The maximum absolute atomic E-state index is 12.5. The molecule has 0 saturated carbocycles. The largest absolute Gasteiger partial charge is 0.497 e. The smallest absolute Gasteiger partial charge is 0.227 e. The van der Waals surface area contributed by atoms with E-state index in [1.165, 1.54) is 0 Å². The van der Waals surface area contributed by atoms with Crippen LogP contribution in [0.25, 0.3) is 22.6 Å². The van der Waals surface area contributed by atoms with Crippen molar-refractivity contribution in [1.82, 2.24) is 4.98 Å². The van der Waals surface area contributed by atoms with Crippen LogP contribution in [0.5, 0.6) is 17.2 Å². The van der Waals surface area contributed by atoms with Crippen molar-refractivity contribution in [3.8, 4) is 28.7 Å². The third-order valence-corrected chi connectivity index (χ3v) is 5.08. The van der Waals surface area contributed by atoms with Crippen LogP contribution < -0.4 is 19.5 Å². The lowest BCUT2D eigenvalue weighted by atomic mass is 10.1. The minimum Gasteiger partial charge on any atom is -0.497 e. The van der Waals surface area contributed by atoms with Gasteiger partial charge < -0.3 is 23.9 Å². The lowest BCUT2D eigenvalue weighted by Gasteiger charge is -2.09. The Bertz CT molecular complexity index is 1250. The van der Waals surface area contributed by atoms with Crippen molar-refractivity contribution < 1.29 is 23.4 Å². The van der Waals surface area contributed by atoms with Crippen molar-refractivity contribution >= 4 is 22.7 Å². The third-order valence-electron chi connectivity index (χ3n) is 5.08. The van der Waals surface area contributed by atoms with E-state index in [1.807, 2.05) is 54.6 Å². The summed E-state index contributed by atoms with van der Waals surface area (Å²) in [6.07, 6.45) is 0.912. The predicted octanol–water partition coefficient (Wildman–Crippen LogP) is 5.09. The van der Waals surface area contributed by atoms with Gasteiger partial charge in [-0.05, 0) is 54.4 Å². The number of amides is 1. The summed E-state index contributed by atoms with van der Waals surface area (Å²) in [5.41, 5.74) is 3.78. The number of fused-ring (bicyclic) bond motifs is 1. The number of nitrogens with one attached hydrogen (secondary N) is 1. The first kappa shape index (κ1) is 21.2. The maximum atomic E-state index is 12.5. The highest BCUT2D eigenvalue weighted by molar-refractivity contribution is 5.93. The second-order valence-electron chi connectivity index (χ2n) is 7.17. The number of carbonyl (C=O) groups is 1. The minimum absolute atomic E-state index is 0.0910. The molecule has 1 aromatic heterocycles. The van der Waals surface area contributed by atoms with Crippen molar-refractivity contribution in [3.05, 3.63) is 66.2 Å². The zero-order valence-electron chi connectivity index (χ0n) is 18.2. The normalized spacial score (nSPS) is 10.7. The Morgan fingerprint density at radius 1 is 0.938 bits per heavy atom. The van der Waals surface area contributed by atoms with Crippen LogP contribution in [0.15, 0.2) is 65.1 Å². The van der Waals surface area contributed by atoms with Crippen molar-refractivity contribution in [1.29, 1.82) is 0 Å². The first-order valence-electron chi connectivity index (χ1n) is 10.2. The van der Waals surface area contributed by atoms with Gasteiger partial charge in [0.05, 0.1) is 21.3 Å². The Morgan fingerprint density at radius 2 is 1.78 bits per heavy atom. The van der Waals surface area contributed by atoms with E-state index in [-0.39, 0.29) is 5.91 Å². The Morgan fingerprint density at radius 3 is 2.56 bits per heavy atom. The molecule has 7 heteroatoms. The summed E-state index contributed by atoms with van der Waals surface area (Å²) < 4.78 is 21.7. The summed E-state index contributed by atoms with van der Waals surface area (Å²) in [6.45, 7) is 0. The average Bonchev–Trinajstić information content (AvgIpc) is 3.26. The number of carbonyl (C=O) groups excluding carboxylic acids is 1. The zero-order valence-corrected chi connectivity index (χ0v) is 18.2. The topological polar surface area (TPSA) is 82.8 Å². The number of benzene rings is 3. The van der Waals surface area contributed by atoms with E-state index < -0.39 is 0 Å². The van der Waals surface area contributed by atoms with Gasteiger partial charge in [0.2, 0.25) is 11.8 Å². The van der Waals surface area contributed by atoms with E-state index in [4.69, 9.17) is 18.6 Å². The van der Waals surface area contributed by atoms with Gasteiger partial charge in [-0.1, -0.05) is 12.1 Å². The molecule has 3 aromatic carbocycles. The number of ether oxygens (including phenoxy) is 3. The van der Waals surface area contributed by atoms with E-state index in [9.17, 15) is 4.79 Å². The summed E-state index contributed by atoms with van der Waals surface area (Å²) in [6, 6.07) is 18.6. The van der Waals surface area contributed by atoms with Gasteiger partial charge in [-0.2, -0.15) is 0 Å². The molecule has 0 atom stereocenters. The number of methoxy groups -OCH3 is 3. The van der Waals surface area contributed by atoms with Crippen LogP contribution >= 0.6 is 0 Å². The molecule has 0 saturated heterocycles. The molecule has 1 heterocycles. The van der Waals surface area contributed by atoms with E-state index >= 15 is 0 Å². The van der Waals surface area contributed by atoms with Crippen LogP contribution in [0.3, 0.4) is 0 Å². The number of oxazole rings is 1. The van der Waals surface area contributed by atoms with Gasteiger partial charge in [-0.25, -0.2) is 4.98 Å². The van der Waals surface area contributed by atoms with Crippen molar-refractivity contribution in [2.75, 3.05) is 26.6 Å². The van der Waals surface area contributed by atoms with Gasteiger partial charge in [0.25, 0.3) is 0 Å². The Balaban J connectivity index is 1.43. The maximum Gasteiger partial charge on any atom is 0.227 e. The molecule has 7 nitrogen and oxygen atoms in total. The number of rotatable bonds is 8. The van der Waals surface area contributed by atoms with Gasteiger partial charge in [0.15, 0.2) is 17.1 Å². The third kappa shape index (κ3) is 4.67. The minimum atomic E-state index is -0.0910. The number of anilines is 1. The van der Waals surface area contributed by atoms with E-state index in [2.05, 4.69) is 10.3 Å². The average molecular weight is 432 g/mol. The number of aryl methyl sites for hydroxylation is 1. The van der Waals surface area contributed by atoms with Gasteiger partial charge in [-0.15, -0.1) is 0 Å². The summed E-state index contributed by atoms with van der Waals surface area (Å²) in [7, 11) is 4.80. The van der Waals surface area contributed by atoms with Crippen LogP contribution in [0.2, 0.25) is 0 Å². The predicted molar refractivity (Wildman–Crippen MR) is 122 cm³/mol. The highest BCUT2D eigenvalue weighted by atomic mass is 16.5. The molecule has 1 amide bonds. The summed E-state index contributed by atoms with van der Waals surface area (Å²) in [5.74, 6) is 2.44. The van der Waals surface area contributed by atoms with Crippen molar-refractivity contribution in [3.63, 3.8) is 0 Å². The number of aromatic nitrogens is 1. The molecular formula is C25H24N2O5. The van der Waals surface area contributed by atoms with Gasteiger partial charge in [0.1, 0.15) is 11.3 Å². The van der Waals surface area contributed by atoms with Gasteiger partial charge >= 0.3 is 0 Å². The van der Waals surface area contributed by atoms with Gasteiger partial charge in [0, 0.05) is 23.7 Å². The molecule has 0 radical (unpaired) electrons. The molecular weight excluding hydrogens is 408 g/mol. The SMILES string of the molecule is COc1cccc(-c2nc3ccc(NC(=O)CCc4ccc(OC)c(OC)c4)cc3o2)c1. The highest BCUT2D eigenvalue weighted by Crippen LogP contribution is 2.29. The summed E-state index contributed by atoms with van der Waals surface area (Å²) >= 11 is 0. The Kier molecular flexibility index (Phi) is 6.26. The zero-order chi connectivity index (χ0) is 22.5. The molecule has 0 fully saturated rings. The number of hydrogen-bond donors (Lipinski definition) is 1. The number of nitrogens with zero attached hydrogens (tertiary/aromatic N) is 1. The first-order chi connectivity index (χ1) is 15.6. The van der Waals surface area contributed by atoms with Crippen molar-refractivity contribution in [2.45, 2.75) is 12.8 Å².